The van der Waals surface area contributed by atoms with Gasteiger partial charge in [-0.3, -0.25) is 19.3 Å². The highest BCUT2D eigenvalue weighted by atomic mass is 32.2. The van der Waals surface area contributed by atoms with Crippen LogP contribution >= 0.6 is 0 Å². The molecule has 0 N–H and O–H groups in total. The van der Waals surface area contributed by atoms with E-state index in [1.165, 1.54) is 0 Å². The highest BCUT2D eigenvalue weighted by Gasteiger charge is 2.42. The summed E-state index contributed by atoms with van der Waals surface area (Å²) >= 11 is 0. The number of nitrogens with zero attached hydrogens (tertiary/aromatic N) is 2. The van der Waals surface area contributed by atoms with Crippen molar-refractivity contribution >= 4 is 27.6 Å². The molecule has 1 saturated heterocycles. The molecule has 3 aliphatic rings. The molecule has 2 heterocycles. The third-order valence-corrected chi connectivity index (χ3v) is 7.78. The molecule has 0 radical (unpaired) electrons. The molecule has 1 aliphatic carbocycles. The number of carbonyl (C=O) groups is 3. The van der Waals surface area contributed by atoms with Gasteiger partial charge >= 0.3 is 0 Å². The second kappa shape index (κ2) is 7.31. The molecule has 4 rings (SSSR count). The van der Waals surface area contributed by atoms with Gasteiger partial charge in [-0.25, -0.2) is 8.42 Å². The molecule has 7 nitrogen and oxygen atoms in total. The first-order valence-corrected chi connectivity index (χ1v) is 11.7. The third kappa shape index (κ3) is 3.45. The van der Waals surface area contributed by atoms with Gasteiger partial charge in [0.2, 0.25) is 5.91 Å². The van der Waals surface area contributed by atoms with Crippen molar-refractivity contribution in [1.29, 1.82) is 0 Å². The molecule has 1 atom stereocenters. The lowest BCUT2D eigenvalue weighted by molar-refractivity contribution is -0.136. The monoisotopic (exact) mass is 404 g/mol. The highest BCUT2D eigenvalue weighted by molar-refractivity contribution is 7.91. The number of amides is 3. The van der Waals surface area contributed by atoms with Crippen molar-refractivity contribution in [3.05, 3.63) is 35.4 Å². The Kier molecular flexibility index (Phi) is 4.99. The number of sulfone groups is 1. The quantitative estimate of drug-likeness (QED) is 0.712. The van der Waals surface area contributed by atoms with Crippen LogP contribution in [0.1, 0.15) is 59.2 Å². The van der Waals surface area contributed by atoms with Gasteiger partial charge in [0.25, 0.3) is 11.8 Å². The lowest BCUT2D eigenvalue weighted by Gasteiger charge is -2.39. The number of carbonyl (C=O) groups excluding carboxylic acids is 3. The van der Waals surface area contributed by atoms with E-state index in [0.717, 1.165) is 37.0 Å². The number of hydrogen-bond acceptors (Lipinski definition) is 5. The van der Waals surface area contributed by atoms with Crippen molar-refractivity contribution in [3.63, 3.8) is 0 Å². The molecule has 2 aliphatic heterocycles. The maximum atomic E-state index is 13.2. The standard InChI is InChI=1S/C20H24N2O5S/c23-18(12-21-19(24)16-8-4-5-9-17(16)20(21)25)22(14-6-2-1-3-7-14)15-10-11-28(26,27)13-15/h4-5,8-9,14-15H,1-3,6-7,10-13H2. The van der Waals surface area contributed by atoms with Gasteiger partial charge in [-0.2, -0.15) is 0 Å². The van der Waals surface area contributed by atoms with Crippen molar-refractivity contribution in [1.82, 2.24) is 9.80 Å². The van der Waals surface area contributed by atoms with Crippen LogP contribution in [0.15, 0.2) is 24.3 Å². The molecule has 1 aromatic carbocycles. The van der Waals surface area contributed by atoms with Crippen LogP contribution in [0.2, 0.25) is 0 Å². The van der Waals surface area contributed by atoms with E-state index in [1.54, 1.807) is 29.2 Å². The molecule has 2 fully saturated rings. The largest absolute Gasteiger partial charge is 0.334 e. The normalized spacial score (nSPS) is 24.4. The molecule has 28 heavy (non-hydrogen) atoms. The second-order valence-corrected chi connectivity index (χ2v) is 10.1. The first-order chi connectivity index (χ1) is 13.4. The van der Waals surface area contributed by atoms with Crippen LogP contribution < -0.4 is 0 Å². The Labute approximate surface area is 164 Å². The lowest BCUT2D eigenvalue weighted by atomic mass is 9.93. The Bertz CT molecular complexity index is 885. The number of imide groups is 1. The summed E-state index contributed by atoms with van der Waals surface area (Å²) in [4.78, 5) is 41.1. The maximum Gasteiger partial charge on any atom is 0.262 e. The first-order valence-electron chi connectivity index (χ1n) is 9.84. The number of rotatable bonds is 4. The van der Waals surface area contributed by atoms with Crippen molar-refractivity contribution in [2.45, 2.75) is 50.6 Å². The molecule has 1 saturated carbocycles. The van der Waals surface area contributed by atoms with E-state index in [0.29, 0.717) is 17.5 Å². The number of benzene rings is 1. The Hall–Kier alpha value is -2.22. The van der Waals surface area contributed by atoms with E-state index in [-0.39, 0.29) is 36.0 Å². The Morgan fingerprint density at radius 3 is 2.11 bits per heavy atom. The number of fused-ring (bicyclic) bond motifs is 1. The van der Waals surface area contributed by atoms with Crippen LogP contribution in [0.3, 0.4) is 0 Å². The smallest absolute Gasteiger partial charge is 0.262 e. The van der Waals surface area contributed by atoms with E-state index >= 15 is 0 Å². The molecule has 150 valence electrons. The van der Waals surface area contributed by atoms with Gasteiger partial charge < -0.3 is 4.90 Å². The van der Waals surface area contributed by atoms with Gasteiger partial charge in [-0.1, -0.05) is 31.4 Å². The lowest BCUT2D eigenvalue weighted by Crippen LogP contribution is -2.52. The second-order valence-electron chi connectivity index (χ2n) is 7.89. The molecule has 0 spiro atoms. The summed E-state index contributed by atoms with van der Waals surface area (Å²) in [6.07, 6.45) is 5.21. The zero-order chi connectivity index (χ0) is 19.9. The summed E-state index contributed by atoms with van der Waals surface area (Å²) in [5.74, 6) is -1.20. The predicted molar refractivity (Wildman–Crippen MR) is 103 cm³/mol. The van der Waals surface area contributed by atoms with Crippen molar-refractivity contribution < 1.29 is 22.8 Å². The molecule has 1 unspecified atom stereocenters. The minimum atomic E-state index is -3.15. The zero-order valence-corrected chi connectivity index (χ0v) is 16.5. The summed E-state index contributed by atoms with van der Waals surface area (Å²) in [6, 6.07) is 6.16. The minimum Gasteiger partial charge on any atom is -0.334 e. The van der Waals surface area contributed by atoms with Gasteiger partial charge in [0.05, 0.1) is 22.6 Å². The Balaban J connectivity index is 1.56. The van der Waals surface area contributed by atoms with Crippen molar-refractivity contribution in [2.75, 3.05) is 18.1 Å². The average Bonchev–Trinajstić information content (AvgIpc) is 3.15. The van der Waals surface area contributed by atoms with Gasteiger partial charge in [0.15, 0.2) is 9.84 Å². The topological polar surface area (TPSA) is 91.8 Å². The van der Waals surface area contributed by atoms with Crippen LogP contribution in [0, 0.1) is 0 Å². The predicted octanol–water partition coefficient (Wildman–Crippen LogP) is 1.63. The van der Waals surface area contributed by atoms with Crippen LogP contribution in [0.25, 0.3) is 0 Å². The molecule has 0 bridgehead atoms. The van der Waals surface area contributed by atoms with Crippen LogP contribution in [0.5, 0.6) is 0 Å². The first kappa shape index (κ1) is 19.1. The van der Waals surface area contributed by atoms with Gasteiger partial charge in [0, 0.05) is 12.1 Å². The van der Waals surface area contributed by atoms with Crippen LogP contribution in [-0.2, 0) is 14.6 Å². The SMILES string of the molecule is O=C1c2ccccc2C(=O)N1CC(=O)N(C1CCCCC1)C1CCS(=O)(=O)C1. The van der Waals surface area contributed by atoms with Crippen LogP contribution in [-0.4, -0.2) is 66.1 Å². The zero-order valence-electron chi connectivity index (χ0n) is 15.7. The van der Waals surface area contributed by atoms with Gasteiger partial charge in [-0.15, -0.1) is 0 Å². The summed E-state index contributed by atoms with van der Waals surface area (Å²) in [6.45, 7) is -0.334. The average molecular weight is 404 g/mol. The minimum absolute atomic E-state index is 0.0188. The maximum absolute atomic E-state index is 13.2. The molecular formula is C20H24N2O5S. The summed E-state index contributed by atoms with van der Waals surface area (Å²) in [5.41, 5.74) is 0.626. The van der Waals surface area contributed by atoms with E-state index in [1.807, 2.05) is 0 Å². The fourth-order valence-electron chi connectivity index (χ4n) is 4.66. The van der Waals surface area contributed by atoms with Gasteiger partial charge in [0.1, 0.15) is 6.54 Å². The van der Waals surface area contributed by atoms with Gasteiger partial charge in [-0.05, 0) is 31.4 Å². The Morgan fingerprint density at radius 1 is 0.964 bits per heavy atom. The highest BCUT2D eigenvalue weighted by Crippen LogP contribution is 2.29. The third-order valence-electron chi connectivity index (χ3n) is 6.03. The molecule has 3 amide bonds. The summed E-state index contributed by atoms with van der Waals surface area (Å²) in [5, 5.41) is 0. The summed E-state index contributed by atoms with van der Waals surface area (Å²) < 4.78 is 24.0. The fraction of sp³-hybridized carbons (Fsp3) is 0.550. The van der Waals surface area contributed by atoms with Crippen molar-refractivity contribution in [2.24, 2.45) is 0 Å². The van der Waals surface area contributed by atoms with E-state index in [2.05, 4.69) is 0 Å². The fourth-order valence-corrected chi connectivity index (χ4v) is 6.37. The van der Waals surface area contributed by atoms with Crippen molar-refractivity contribution in [3.8, 4) is 0 Å². The molecule has 0 aromatic heterocycles. The molecule has 8 heteroatoms. The molecule has 1 aromatic rings. The van der Waals surface area contributed by atoms with E-state index in [4.69, 9.17) is 0 Å². The summed E-state index contributed by atoms with van der Waals surface area (Å²) in [7, 11) is -3.15. The Morgan fingerprint density at radius 2 is 1.57 bits per heavy atom. The number of hydrogen-bond donors (Lipinski definition) is 0. The molecular weight excluding hydrogens is 380 g/mol. The van der Waals surface area contributed by atoms with E-state index < -0.39 is 21.7 Å². The van der Waals surface area contributed by atoms with Crippen LogP contribution in [0.4, 0.5) is 0 Å². The van der Waals surface area contributed by atoms with E-state index in [9.17, 15) is 22.8 Å².